The Morgan fingerprint density at radius 1 is 1.17 bits per heavy atom. The molecule has 2 aliphatic carbocycles. The second kappa shape index (κ2) is 8.27. The molecule has 0 saturated heterocycles. The van der Waals surface area contributed by atoms with Crippen molar-refractivity contribution in [3.63, 3.8) is 0 Å². The minimum Gasteiger partial charge on any atom is -0.385 e. The van der Waals surface area contributed by atoms with Crippen LogP contribution in [0.3, 0.4) is 0 Å². The van der Waals surface area contributed by atoms with E-state index in [-0.39, 0.29) is 13.5 Å². The van der Waals surface area contributed by atoms with Crippen molar-refractivity contribution >= 4 is 46.5 Å². The summed E-state index contributed by atoms with van der Waals surface area (Å²) in [6.07, 6.45) is 6.11. The molecule has 164 valence electrons. The Labute approximate surface area is 189 Å². The highest BCUT2D eigenvalue weighted by molar-refractivity contribution is 7.93. The number of anilines is 1. The summed E-state index contributed by atoms with van der Waals surface area (Å²) in [6, 6.07) is 3.36. The first-order valence-electron chi connectivity index (χ1n) is 9.92. The summed E-state index contributed by atoms with van der Waals surface area (Å²) in [5.74, 6) is 0. The van der Waals surface area contributed by atoms with Crippen molar-refractivity contribution in [3.8, 4) is 0 Å². The fourth-order valence-corrected chi connectivity index (χ4v) is 6.98. The number of urea groups is 1. The van der Waals surface area contributed by atoms with Crippen molar-refractivity contribution in [2.75, 3.05) is 5.32 Å². The number of aliphatic hydroxyl groups is 1. The van der Waals surface area contributed by atoms with Gasteiger partial charge in [-0.05, 0) is 93.2 Å². The third kappa shape index (κ3) is 4.31. The van der Waals surface area contributed by atoms with Crippen LogP contribution in [0.4, 0.5) is 10.5 Å². The second-order valence-electron chi connectivity index (χ2n) is 8.46. The third-order valence-corrected chi connectivity index (χ3v) is 9.27. The van der Waals surface area contributed by atoms with Crippen LogP contribution in [0.15, 0.2) is 20.7 Å². The monoisotopic (exact) mass is 467 g/mol. The van der Waals surface area contributed by atoms with Crippen LogP contribution in [0.5, 0.6) is 0 Å². The number of nitrogens with zero attached hydrogens (tertiary/aromatic N) is 1. The molecule has 6 nitrogen and oxygen atoms in total. The number of nitrogens with one attached hydrogen (secondary N) is 1. The molecule has 1 atom stereocenters. The summed E-state index contributed by atoms with van der Waals surface area (Å²) in [4.78, 5) is 13.4. The minimum absolute atomic E-state index is 0. The predicted molar refractivity (Wildman–Crippen MR) is 127 cm³/mol. The highest BCUT2D eigenvalue weighted by atomic mass is 32.2. The van der Waals surface area contributed by atoms with Crippen LogP contribution in [0, 0.1) is 6.92 Å². The molecule has 0 fully saturated rings. The molecule has 2 amide bonds. The zero-order valence-corrected chi connectivity index (χ0v) is 20.1. The van der Waals surface area contributed by atoms with Gasteiger partial charge in [-0.2, -0.15) is 13.5 Å². The van der Waals surface area contributed by atoms with E-state index < -0.39 is 21.5 Å². The molecule has 1 aromatic carbocycles. The largest absolute Gasteiger partial charge is 0.385 e. The second-order valence-corrected chi connectivity index (χ2v) is 11.5. The molecule has 0 spiro atoms. The predicted octanol–water partition coefficient (Wildman–Crippen LogP) is 4.31. The summed E-state index contributed by atoms with van der Waals surface area (Å²) in [7, 11) is -3.41. The molecule has 9 heteroatoms. The van der Waals surface area contributed by atoms with Gasteiger partial charge >= 0.3 is 6.03 Å². The van der Waals surface area contributed by atoms with E-state index in [0.717, 1.165) is 55.5 Å². The zero-order valence-electron chi connectivity index (χ0n) is 17.5. The zero-order chi connectivity index (χ0) is 21.0. The molecule has 0 aliphatic heterocycles. The molecule has 1 aromatic heterocycles. The van der Waals surface area contributed by atoms with E-state index in [2.05, 4.69) is 15.7 Å². The molecule has 4 rings (SSSR count). The molecule has 0 bridgehead atoms. The van der Waals surface area contributed by atoms with Gasteiger partial charge in [0.1, 0.15) is 4.21 Å². The maximum atomic E-state index is 13.1. The maximum absolute atomic E-state index is 13.1. The molecule has 2 aliphatic rings. The van der Waals surface area contributed by atoms with Crippen LogP contribution in [0.2, 0.25) is 0 Å². The Bertz CT molecular complexity index is 1090. The summed E-state index contributed by atoms with van der Waals surface area (Å²) >= 11 is 1.14. The molecule has 0 saturated carbocycles. The van der Waals surface area contributed by atoms with Crippen molar-refractivity contribution in [2.45, 2.75) is 69.1 Å². The lowest BCUT2D eigenvalue weighted by atomic mass is 9.99. The molecule has 30 heavy (non-hydrogen) atoms. The lowest BCUT2D eigenvalue weighted by Crippen LogP contribution is -2.18. The van der Waals surface area contributed by atoms with Crippen molar-refractivity contribution < 1.29 is 14.1 Å². The fraction of sp³-hybridized carbons (Fsp3) is 0.476. The SMILES string of the molecule is Cc1cc(C(C)(C)O)sc1S(N)(=O)=NC(=O)Nc1c2c(cc3c1CCC3)CCC2.S. The van der Waals surface area contributed by atoms with E-state index in [1.807, 2.05) is 0 Å². The van der Waals surface area contributed by atoms with Gasteiger partial charge in [0.25, 0.3) is 0 Å². The average Bonchev–Trinajstić information content (AvgIpc) is 3.31. The third-order valence-electron chi connectivity index (χ3n) is 5.66. The minimum atomic E-state index is -3.41. The van der Waals surface area contributed by atoms with Gasteiger partial charge in [-0.1, -0.05) is 6.07 Å². The number of benzene rings is 1. The van der Waals surface area contributed by atoms with Crippen LogP contribution in [0.1, 0.15) is 59.4 Å². The Kier molecular flexibility index (Phi) is 6.42. The van der Waals surface area contributed by atoms with Gasteiger partial charge in [0, 0.05) is 10.6 Å². The summed E-state index contributed by atoms with van der Waals surface area (Å²) in [5.41, 5.74) is 5.44. The van der Waals surface area contributed by atoms with Gasteiger partial charge in [0.05, 0.1) is 5.60 Å². The summed E-state index contributed by atoms with van der Waals surface area (Å²) in [5, 5.41) is 19.1. The molecule has 1 heterocycles. The summed E-state index contributed by atoms with van der Waals surface area (Å²) < 4.78 is 17.3. The number of rotatable bonds is 3. The Morgan fingerprint density at radius 2 is 1.73 bits per heavy atom. The van der Waals surface area contributed by atoms with Gasteiger partial charge in [0.2, 0.25) is 0 Å². The van der Waals surface area contributed by atoms with Crippen LogP contribution in [-0.2, 0) is 41.2 Å². The Hall–Kier alpha value is -1.39. The maximum Gasteiger partial charge on any atom is 0.354 e. The van der Waals surface area contributed by atoms with E-state index in [9.17, 15) is 14.1 Å². The lowest BCUT2D eigenvalue weighted by Gasteiger charge is -2.15. The molecule has 4 N–H and O–H groups in total. The number of aryl methyl sites for hydroxylation is 3. The highest BCUT2D eigenvalue weighted by Gasteiger charge is 2.27. The first-order valence-corrected chi connectivity index (χ1v) is 12.3. The standard InChI is InChI=1S/C21H27N3O3S2.H2S/c1-12-10-17(21(2,3)26)28-19(12)29(22,27)24-20(25)23-18-15-8-4-6-13(15)11-14-7-5-9-16(14)18;/h10-11,26H,4-9H2,1-3H3,(H3,22,23,24,25,27);1H2. The van der Waals surface area contributed by atoms with Gasteiger partial charge in [0.15, 0.2) is 9.92 Å². The number of amides is 2. The van der Waals surface area contributed by atoms with E-state index in [4.69, 9.17) is 5.14 Å². The number of hydrogen-bond acceptors (Lipinski definition) is 4. The Balaban J connectivity index is 0.00000256. The molecular formula is C21H29N3O3S3. The van der Waals surface area contributed by atoms with Crippen molar-refractivity contribution in [1.29, 1.82) is 0 Å². The van der Waals surface area contributed by atoms with Crippen molar-refractivity contribution in [2.24, 2.45) is 9.50 Å². The fourth-order valence-electron chi connectivity index (χ4n) is 4.32. The highest BCUT2D eigenvalue weighted by Crippen LogP contribution is 2.39. The number of carbonyl (C=O) groups excluding carboxylic acids is 1. The smallest absolute Gasteiger partial charge is 0.354 e. The van der Waals surface area contributed by atoms with Crippen molar-refractivity contribution in [1.82, 2.24) is 0 Å². The van der Waals surface area contributed by atoms with E-state index in [1.54, 1.807) is 26.8 Å². The number of fused-ring (bicyclic) bond motifs is 2. The number of thiophene rings is 1. The quantitative estimate of drug-likeness (QED) is 0.626. The summed E-state index contributed by atoms with van der Waals surface area (Å²) in [6.45, 7) is 5.07. The van der Waals surface area contributed by atoms with Gasteiger partial charge < -0.3 is 10.4 Å². The molecule has 1 unspecified atom stereocenters. The number of nitrogens with two attached hydrogens (primary N) is 1. The van der Waals surface area contributed by atoms with Crippen LogP contribution in [-0.4, -0.2) is 15.3 Å². The van der Waals surface area contributed by atoms with E-state index in [0.29, 0.717) is 14.6 Å². The van der Waals surface area contributed by atoms with Crippen molar-refractivity contribution in [3.05, 3.63) is 44.8 Å². The normalized spacial score (nSPS) is 17.0. The first-order chi connectivity index (χ1) is 13.6. The van der Waals surface area contributed by atoms with Gasteiger partial charge in [-0.3, -0.25) is 0 Å². The number of hydrogen-bond donors (Lipinski definition) is 3. The van der Waals surface area contributed by atoms with E-state index in [1.165, 1.54) is 22.3 Å². The molecule has 2 aromatic rings. The van der Waals surface area contributed by atoms with E-state index >= 15 is 0 Å². The lowest BCUT2D eigenvalue weighted by molar-refractivity contribution is 0.0825. The van der Waals surface area contributed by atoms with Gasteiger partial charge in [-0.15, -0.1) is 15.7 Å². The topological polar surface area (TPSA) is 105 Å². The average molecular weight is 468 g/mol. The number of carbonyl (C=O) groups is 1. The molecular weight excluding hydrogens is 438 g/mol. The molecule has 0 radical (unpaired) electrons. The van der Waals surface area contributed by atoms with Crippen LogP contribution >= 0.6 is 24.8 Å². The van der Waals surface area contributed by atoms with Crippen LogP contribution < -0.4 is 10.5 Å². The van der Waals surface area contributed by atoms with Gasteiger partial charge in [-0.25, -0.2) is 14.1 Å². The Morgan fingerprint density at radius 3 is 2.23 bits per heavy atom. The van der Waals surface area contributed by atoms with Crippen LogP contribution in [0.25, 0.3) is 0 Å². The first kappa shape index (κ1) is 23.3.